The standard InChI is InChI=1S/C28H37F3N2O3/c1-5-20(15-19-9-7-6-8-10-19)22-16-23(22)33(24(34)28(29,30)31)21-17-27(18-21)11-13-32(14-12-27)25(35)36-26(2,3)4/h6-10,15,21-23H,5,11-14,16-18H2,1-4H3/b20-15+/t22-,23?/m0/s1. The number of hydrogen-bond acceptors (Lipinski definition) is 3. The van der Waals surface area contributed by atoms with Crippen molar-refractivity contribution < 1.29 is 27.5 Å². The predicted octanol–water partition coefficient (Wildman–Crippen LogP) is 6.44. The lowest BCUT2D eigenvalue weighted by molar-refractivity contribution is -0.194. The quantitative estimate of drug-likeness (QED) is 0.462. The zero-order chi connectivity index (χ0) is 26.3. The number of ether oxygens (including phenoxy) is 1. The van der Waals surface area contributed by atoms with Crippen LogP contribution in [-0.4, -0.2) is 58.8 Å². The molecule has 198 valence electrons. The van der Waals surface area contributed by atoms with E-state index in [9.17, 15) is 22.8 Å². The average molecular weight is 507 g/mol. The lowest BCUT2D eigenvalue weighted by Crippen LogP contribution is -2.59. The zero-order valence-electron chi connectivity index (χ0n) is 21.6. The molecule has 1 spiro atoms. The van der Waals surface area contributed by atoms with Crippen LogP contribution in [0.4, 0.5) is 18.0 Å². The van der Waals surface area contributed by atoms with Crippen LogP contribution in [0.1, 0.15) is 71.8 Å². The number of nitrogens with zero attached hydrogens (tertiary/aromatic N) is 2. The Morgan fingerprint density at radius 2 is 1.72 bits per heavy atom. The van der Waals surface area contributed by atoms with Gasteiger partial charge >= 0.3 is 18.2 Å². The molecular formula is C28H37F3N2O3. The molecule has 5 nitrogen and oxygen atoms in total. The van der Waals surface area contributed by atoms with E-state index in [1.165, 1.54) is 0 Å². The van der Waals surface area contributed by atoms with Gasteiger partial charge in [-0.25, -0.2) is 4.79 Å². The Hall–Kier alpha value is -2.51. The number of rotatable bonds is 5. The van der Waals surface area contributed by atoms with Crippen molar-refractivity contribution in [3.05, 3.63) is 41.5 Å². The van der Waals surface area contributed by atoms with Gasteiger partial charge in [-0.3, -0.25) is 4.79 Å². The van der Waals surface area contributed by atoms with Crippen LogP contribution in [0.2, 0.25) is 0 Å². The molecule has 0 N–H and O–H groups in total. The molecule has 1 unspecified atom stereocenters. The number of carbonyl (C=O) groups excluding carboxylic acids is 2. The molecule has 8 heteroatoms. The van der Waals surface area contributed by atoms with Crippen molar-refractivity contribution in [3.63, 3.8) is 0 Å². The minimum atomic E-state index is -4.88. The second-order valence-electron chi connectivity index (χ2n) is 11.6. The lowest BCUT2D eigenvalue weighted by Gasteiger charge is -2.55. The fourth-order valence-corrected chi connectivity index (χ4v) is 5.89. The van der Waals surface area contributed by atoms with Gasteiger partial charge in [0.15, 0.2) is 0 Å². The van der Waals surface area contributed by atoms with E-state index in [0.717, 1.165) is 35.3 Å². The largest absolute Gasteiger partial charge is 0.471 e. The normalized spacial score (nSPS) is 24.3. The summed E-state index contributed by atoms with van der Waals surface area (Å²) in [5.74, 6) is -1.75. The third-order valence-electron chi connectivity index (χ3n) is 7.83. The van der Waals surface area contributed by atoms with Gasteiger partial charge < -0.3 is 14.5 Å². The van der Waals surface area contributed by atoms with Crippen molar-refractivity contribution in [2.45, 2.75) is 90.1 Å². The van der Waals surface area contributed by atoms with Crippen LogP contribution >= 0.6 is 0 Å². The SMILES string of the molecule is CC/C(=C\c1ccccc1)[C@@H]1CC1N(C(=O)C(F)(F)F)C1CC2(CCN(C(=O)OC(C)(C)C)CC2)C1. The van der Waals surface area contributed by atoms with Gasteiger partial charge in [-0.15, -0.1) is 0 Å². The predicted molar refractivity (Wildman–Crippen MR) is 132 cm³/mol. The Kier molecular flexibility index (Phi) is 7.19. The second-order valence-corrected chi connectivity index (χ2v) is 11.6. The van der Waals surface area contributed by atoms with Gasteiger partial charge in [-0.1, -0.05) is 48.9 Å². The van der Waals surface area contributed by atoms with Gasteiger partial charge in [0.2, 0.25) is 0 Å². The molecule has 1 saturated heterocycles. The second kappa shape index (κ2) is 9.75. The summed E-state index contributed by atoms with van der Waals surface area (Å²) in [6, 6.07) is 8.94. The number of alkyl halides is 3. The lowest BCUT2D eigenvalue weighted by atomic mass is 9.60. The topological polar surface area (TPSA) is 49.9 Å². The number of hydrogen-bond donors (Lipinski definition) is 0. The van der Waals surface area contributed by atoms with Crippen LogP contribution in [0.3, 0.4) is 0 Å². The van der Waals surface area contributed by atoms with E-state index in [-0.39, 0.29) is 17.4 Å². The van der Waals surface area contributed by atoms with Gasteiger partial charge in [0.25, 0.3) is 0 Å². The summed E-state index contributed by atoms with van der Waals surface area (Å²) >= 11 is 0. The number of likely N-dealkylation sites (tertiary alicyclic amines) is 1. The van der Waals surface area contributed by atoms with Crippen LogP contribution in [-0.2, 0) is 9.53 Å². The summed E-state index contributed by atoms with van der Waals surface area (Å²) in [7, 11) is 0. The Morgan fingerprint density at radius 1 is 1.11 bits per heavy atom. The molecule has 0 radical (unpaired) electrons. The van der Waals surface area contributed by atoms with E-state index in [2.05, 4.69) is 6.08 Å². The summed E-state index contributed by atoms with van der Waals surface area (Å²) in [5, 5.41) is 0. The third kappa shape index (κ3) is 5.89. The molecule has 0 bridgehead atoms. The highest BCUT2D eigenvalue weighted by molar-refractivity contribution is 5.83. The van der Waals surface area contributed by atoms with Gasteiger partial charge in [0.1, 0.15) is 5.60 Å². The van der Waals surface area contributed by atoms with Crippen LogP contribution in [0.25, 0.3) is 6.08 Å². The summed E-state index contributed by atoms with van der Waals surface area (Å²) in [6.07, 6.45) is 0.691. The van der Waals surface area contributed by atoms with E-state index in [1.807, 2.05) is 58.0 Å². The van der Waals surface area contributed by atoms with Crippen LogP contribution < -0.4 is 0 Å². The first-order valence-corrected chi connectivity index (χ1v) is 12.9. The van der Waals surface area contributed by atoms with Gasteiger partial charge in [-0.05, 0) is 70.3 Å². The van der Waals surface area contributed by atoms with Gasteiger partial charge in [0.05, 0.1) is 0 Å². The first-order valence-electron chi connectivity index (χ1n) is 12.9. The van der Waals surface area contributed by atoms with Crippen molar-refractivity contribution in [2.75, 3.05) is 13.1 Å². The molecule has 1 aliphatic heterocycles. The molecule has 2 atom stereocenters. The van der Waals surface area contributed by atoms with E-state index in [4.69, 9.17) is 4.74 Å². The Labute approximate surface area is 211 Å². The Morgan fingerprint density at radius 3 is 2.25 bits per heavy atom. The van der Waals surface area contributed by atoms with Crippen LogP contribution in [0.5, 0.6) is 0 Å². The third-order valence-corrected chi connectivity index (χ3v) is 7.83. The Bertz CT molecular complexity index is 984. The molecule has 2 amide bonds. The molecule has 3 fully saturated rings. The summed E-state index contributed by atoms with van der Waals surface area (Å²) < 4.78 is 46.3. The number of halogens is 3. The molecule has 0 aromatic heterocycles. The number of amides is 2. The number of piperidine rings is 1. The summed E-state index contributed by atoms with van der Waals surface area (Å²) in [5.41, 5.74) is 1.43. The Balaban J connectivity index is 1.41. The first-order chi connectivity index (χ1) is 16.8. The monoisotopic (exact) mass is 506 g/mol. The maximum atomic E-state index is 13.6. The van der Waals surface area contributed by atoms with Gasteiger partial charge in [0, 0.05) is 31.1 Å². The van der Waals surface area contributed by atoms with E-state index >= 15 is 0 Å². The minimum absolute atomic E-state index is 0.0351. The molecule has 1 heterocycles. The maximum Gasteiger partial charge on any atom is 0.471 e. The zero-order valence-corrected chi connectivity index (χ0v) is 21.6. The first kappa shape index (κ1) is 26.6. The average Bonchev–Trinajstić information content (AvgIpc) is 3.56. The van der Waals surface area contributed by atoms with Crippen molar-refractivity contribution in [1.82, 2.24) is 9.80 Å². The number of benzene rings is 1. The fraction of sp³-hybridized carbons (Fsp3) is 0.643. The van der Waals surface area contributed by atoms with E-state index in [1.54, 1.807) is 4.90 Å². The van der Waals surface area contributed by atoms with E-state index in [0.29, 0.717) is 32.4 Å². The molecule has 1 aromatic rings. The van der Waals surface area contributed by atoms with Crippen molar-refractivity contribution >= 4 is 18.1 Å². The highest BCUT2D eigenvalue weighted by atomic mass is 19.4. The van der Waals surface area contributed by atoms with E-state index < -0.39 is 29.8 Å². The minimum Gasteiger partial charge on any atom is -0.444 e. The molecular weight excluding hydrogens is 469 g/mol. The van der Waals surface area contributed by atoms with Crippen molar-refractivity contribution in [3.8, 4) is 0 Å². The molecule has 2 aliphatic carbocycles. The molecule has 36 heavy (non-hydrogen) atoms. The highest BCUT2D eigenvalue weighted by Gasteiger charge is 2.59. The summed E-state index contributed by atoms with van der Waals surface area (Å²) in [6.45, 7) is 8.54. The molecule has 1 aromatic carbocycles. The molecule has 2 saturated carbocycles. The van der Waals surface area contributed by atoms with Crippen molar-refractivity contribution in [2.24, 2.45) is 11.3 Å². The highest BCUT2D eigenvalue weighted by Crippen LogP contribution is 2.55. The maximum absolute atomic E-state index is 13.6. The summed E-state index contributed by atoms with van der Waals surface area (Å²) in [4.78, 5) is 27.8. The number of carbonyl (C=O) groups is 2. The smallest absolute Gasteiger partial charge is 0.444 e. The van der Waals surface area contributed by atoms with Crippen LogP contribution in [0.15, 0.2) is 35.9 Å². The fourth-order valence-electron chi connectivity index (χ4n) is 5.89. The van der Waals surface area contributed by atoms with Gasteiger partial charge in [-0.2, -0.15) is 13.2 Å². The molecule has 4 rings (SSSR count). The van der Waals surface area contributed by atoms with Crippen LogP contribution in [0, 0.1) is 11.3 Å². The molecule has 3 aliphatic rings. The van der Waals surface area contributed by atoms with Crippen molar-refractivity contribution in [1.29, 1.82) is 0 Å².